The van der Waals surface area contributed by atoms with Crippen LogP contribution in [0, 0.1) is 5.92 Å². The van der Waals surface area contributed by atoms with Crippen LogP contribution < -0.4 is 5.73 Å². The lowest BCUT2D eigenvalue weighted by Gasteiger charge is -2.27. The summed E-state index contributed by atoms with van der Waals surface area (Å²) in [6.45, 7) is 4.47. The molecule has 1 aliphatic carbocycles. The van der Waals surface area contributed by atoms with Crippen molar-refractivity contribution in [3.63, 3.8) is 0 Å². The quantitative estimate of drug-likeness (QED) is 0.754. The van der Waals surface area contributed by atoms with Gasteiger partial charge in [0.05, 0.1) is 0 Å². The Kier molecular flexibility index (Phi) is 3.65. The molecular formula is C15H23N. The highest BCUT2D eigenvalue weighted by molar-refractivity contribution is 5.32. The molecule has 2 unspecified atom stereocenters. The van der Waals surface area contributed by atoms with Gasteiger partial charge in [-0.05, 0) is 42.2 Å². The van der Waals surface area contributed by atoms with E-state index in [1.165, 1.54) is 36.8 Å². The monoisotopic (exact) mass is 217 g/mol. The van der Waals surface area contributed by atoms with Crippen LogP contribution >= 0.6 is 0 Å². The standard InChI is InChI=1S/C15H23N/c1-11(2)15(16)14-10-6-4-8-12-7-3-5-9-13(12)14/h3,5,7,9,11,14-15H,4,6,8,10,16H2,1-2H3. The summed E-state index contributed by atoms with van der Waals surface area (Å²) in [5.74, 6) is 1.13. The summed E-state index contributed by atoms with van der Waals surface area (Å²) < 4.78 is 0. The molecule has 0 amide bonds. The van der Waals surface area contributed by atoms with Gasteiger partial charge in [0.1, 0.15) is 0 Å². The van der Waals surface area contributed by atoms with Gasteiger partial charge in [0.2, 0.25) is 0 Å². The first-order valence-corrected chi connectivity index (χ1v) is 6.53. The molecule has 0 saturated carbocycles. The molecule has 16 heavy (non-hydrogen) atoms. The second kappa shape index (κ2) is 5.01. The third-order valence-corrected chi connectivity index (χ3v) is 3.90. The Morgan fingerprint density at radius 2 is 1.94 bits per heavy atom. The van der Waals surface area contributed by atoms with Gasteiger partial charge in [-0.1, -0.05) is 44.5 Å². The van der Waals surface area contributed by atoms with Crippen molar-refractivity contribution in [1.82, 2.24) is 0 Å². The maximum atomic E-state index is 6.38. The zero-order valence-electron chi connectivity index (χ0n) is 10.4. The molecule has 0 aliphatic heterocycles. The second-order valence-electron chi connectivity index (χ2n) is 5.37. The molecule has 88 valence electrons. The van der Waals surface area contributed by atoms with Gasteiger partial charge in [-0.15, -0.1) is 0 Å². The van der Waals surface area contributed by atoms with E-state index in [1.807, 2.05) is 0 Å². The first-order chi connectivity index (χ1) is 7.70. The predicted molar refractivity (Wildman–Crippen MR) is 69.6 cm³/mol. The lowest BCUT2D eigenvalue weighted by Crippen LogP contribution is -2.33. The van der Waals surface area contributed by atoms with E-state index in [0.29, 0.717) is 17.9 Å². The average Bonchev–Trinajstić information content (AvgIpc) is 2.50. The van der Waals surface area contributed by atoms with E-state index in [9.17, 15) is 0 Å². The molecule has 1 aromatic rings. The first kappa shape index (κ1) is 11.7. The van der Waals surface area contributed by atoms with Gasteiger partial charge in [0.25, 0.3) is 0 Å². The number of hydrogen-bond donors (Lipinski definition) is 1. The summed E-state index contributed by atoms with van der Waals surface area (Å²) in [5.41, 5.74) is 9.42. The van der Waals surface area contributed by atoms with Crippen LogP contribution in [-0.2, 0) is 6.42 Å². The molecule has 0 spiro atoms. The van der Waals surface area contributed by atoms with Gasteiger partial charge >= 0.3 is 0 Å². The predicted octanol–water partition coefficient (Wildman–Crippen LogP) is 3.48. The average molecular weight is 217 g/mol. The van der Waals surface area contributed by atoms with Crippen LogP contribution in [0.1, 0.15) is 50.2 Å². The minimum absolute atomic E-state index is 0.305. The molecule has 0 bridgehead atoms. The highest BCUT2D eigenvalue weighted by atomic mass is 14.7. The smallest absolute Gasteiger partial charge is 0.0131 e. The lowest BCUT2D eigenvalue weighted by molar-refractivity contribution is 0.396. The zero-order chi connectivity index (χ0) is 11.5. The molecule has 0 fully saturated rings. The molecule has 0 aromatic heterocycles. The summed E-state index contributed by atoms with van der Waals surface area (Å²) in [6, 6.07) is 9.18. The number of hydrogen-bond acceptors (Lipinski definition) is 1. The molecule has 1 aromatic carbocycles. The van der Waals surface area contributed by atoms with Crippen LogP contribution in [0.3, 0.4) is 0 Å². The van der Waals surface area contributed by atoms with E-state index < -0.39 is 0 Å². The molecule has 1 heteroatoms. The summed E-state index contributed by atoms with van der Waals surface area (Å²) in [5, 5.41) is 0. The molecule has 0 saturated heterocycles. The van der Waals surface area contributed by atoms with Crippen molar-refractivity contribution in [2.24, 2.45) is 11.7 Å². The second-order valence-corrected chi connectivity index (χ2v) is 5.37. The van der Waals surface area contributed by atoms with Crippen LogP contribution in [0.4, 0.5) is 0 Å². The van der Waals surface area contributed by atoms with Crippen molar-refractivity contribution in [1.29, 1.82) is 0 Å². The number of fused-ring (bicyclic) bond motifs is 1. The van der Waals surface area contributed by atoms with Gasteiger partial charge in [-0.25, -0.2) is 0 Å². The summed E-state index contributed by atoms with van der Waals surface area (Å²) in [7, 11) is 0. The van der Waals surface area contributed by atoms with Crippen molar-refractivity contribution in [3.8, 4) is 0 Å². The van der Waals surface area contributed by atoms with Crippen molar-refractivity contribution < 1.29 is 0 Å². The first-order valence-electron chi connectivity index (χ1n) is 6.53. The number of benzene rings is 1. The van der Waals surface area contributed by atoms with Crippen LogP contribution in [-0.4, -0.2) is 6.04 Å². The molecular weight excluding hydrogens is 194 g/mol. The van der Waals surface area contributed by atoms with Gasteiger partial charge in [-0.3, -0.25) is 0 Å². The Labute approximate surface area is 99.0 Å². The highest BCUT2D eigenvalue weighted by Gasteiger charge is 2.25. The molecule has 2 atom stereocenters. The van der Waals surface area contributed by atoms with E-state index in [2.05, 4.69) is 38.1 Å². The normalized spacial score (nSPS) is 22.6. The molecule has 1 nitrogen and oxygen atoms in total. The summed E-state index contributed by atoms with van der Waals surface area (Å²) in [6.07, 6.45) is 5.13. The van der Waals surface area contributed by atoms with Crippen molar-refractivity contribution in [3.05, 3.63) is 35.4 Å². The fraction of sp³-hybridized carbons (Fsp3) is 0.600. The number of aryl methyl sites for hydroxylation is 1. The number of nitrogens with two attached hydrogens (primary N) is 1. The Morgan fingerprint density at radius 1 is 1.19 bits per heavy atom. The SMILES string of the molecule is CC(C)C(N)C1CCCCc2ccccc21. The van der Waals surface area contributed by atoms with E-state index in [1.54, 1.807) is 0 Å². The fourth-order valence-corrected chi connectivity index (χ4v) is 2.82. The summed E-state index contributed by atoms with van der Waals surface area (Å²) in [4.78, 5) is 0. The van der Waals surface area contributed by atoms with E-state index in [4.69, 9.17) is 5.73 Å². The Hall–Kier alpha value is -0.820. The van der Waals surface area contributed by atoms with Crippen LogP contribution in [0.25, 0.3) is 0 Å². The molecule has 2 rings (SSSR count). The fourth-order valence-electron chi connectivity index (χ4n) is 2.82. The van der Waals surface area contributed by atoms with Gasteiger partial charge in [0.15, 0.2) is 0 Å². The molecule has 1 aliphatic rings. The van der Waals surface area contributed by atoms with Crippen molar-refractivity contribution in [2.75, 3.05) is 0 Å². The zero-order valence-corrected chi connectivity index (χ0v) is 10.4. The van der Waals surface area contributed by atoms with Crippen molar-refractivity contribution >= 4 is 0 Å². The molecule has 2 N–H and O–H groups in total. The third-order valence-electron chi connectivity index (χ3n) is 3.90. The minimum atomic E-state index is 0.305. The topological polar surface area (TPSA) is 26.0 Å². The Balaban J connectivity index is 2.32. The van der Waals surface area contributed by atoms with E-state index >= 15 is 0 Å². The largest absolute Gasteiger partial charge is 0.327 e. The van der Waals surface area contributed by atoms with Crippen LogP contribution in [0.15, 0.2) is 24.3 Å². The molecule has 0 radical (unpaired) electrons. The Morgan fingerprint density at radius 3 is 2.69 bits per heavy atom. The third kappa shape index (κ3) is 2.30. The van der Waals surface area contributed by atoms with E-state index in [-0.39, 0.29) is 0 Å². The van der Waals surface area contributed by atoms with Gasteiger partial charge in [0, 0.05) is 6.04 Å². The summed E-state index contributed by atoms with van der Waals surface area (Å²) >= 11 is 0. The van der Waals surface area contributed by atoms with Crippen LogP contribution in [0.5, 0.6) is 0 Å². The maximum Gasteiger partial charge on any atom is 0.0131 e. The lowest BCUT2D eigenvalue weighted by atomic mass is 9.82. The van der Waals surface area contributed by atoms with Crippen molar-refractivity contribution in [2.45, 2.75) is 51.5 Å². The maximum absolute atomic E-state index is 6.38. The van der Waals surface area contributed by atoms with E-state index in [0.717, 1.165) is 0 Å². The van der Waals surface area contributed by atoms with Crippen LogP contribution in [0.2, 0.25) is 0 Å². The number of rotatable bonds is 2. The van der Waals surface area contributed by atoms with Gasteiger partial charge in [-0.2, -0.15) is 0 Å². The van der Waals surface area contributed by atoms with Gasteiger partial charge < -0.3 is 5.73 Å². The molecule has 0 heterocycles. The Bertz CT molecular complexity index is 343. The minimum Gasteiger partial charge on any atom is -0.327 e. The highest BCUT2D eigenvalue weighted by Crippen LogP contribution is 2.34.